The average Bonchev–Trinajstić information content (AvgIpc) is 3.17. The van der Waals surface area contributed by atoms with Gasteiger partial charge in [0.05, 0.1) is 13.2 Å². The van der Waals surface area contributed by atoms with E-state index in [2.05, 4.69) is 74.6 Å². The lowest BCUT2D eigenvalue weighted by Gasteiger charge is -2.19. The van der Waals surface area contributed by atoms with E-state index in [4.69, 9.17) is 24.3 Å². The molecule has 55 heavy (non-hydrogen) atoms. The molecule has 0 aromatic carbocycles. The number of ether oxygens (including phenoxy) is 2. The van der Waals surface area contributed by atoms with Crippen LogP contribution in [0.1, 0.15) is 181 Å². The van der Waals surface area contributed by atoms with E-state index in [-0.39, 0.29) is 32.6 Å². The number of carbonyl (C=O) groups is 2. The van der Waals surface area contributed by atoms with Crippen LogP contribution in [0, 0.1) is 0 Å². The first-order valence-electron chi connectivity index (χ1n) is 21.8. The van der Waals surface area contributed by atoms with Crippen molar-refractivity contribution >= 4 is 19.8 Å². The number of phosphoric ester groups is 1. The molecule has 318 valence electrons. The van der Waals surface area contributed by atoms with Crippen LogP contribution in [0.25, 0.3) is 0 Å². The van der Waals surface area contributed by atoms with Crippen LogP contribution in [-0.4, -0.2) is 49.3 Å². The van der Waals surface area contributed by atoms with E-state index in [1.54, 1.807) is 0 Å². The van der Waals surface area contributed by atoms with Gasteiger partial charge in [-0.3, -0.25) is 18.6 Å². The summed E-state index contributed by atoms with van der Waals surface area (Å²) in [6, 6.07) is 0. The van der Waals surface area contributed by atoms with Gasteiger partial charge in [-0.05, 0) is 83.5 Å². The van der Waals surface area contributed by atoms with E-state index < -0.39 is 32.5 Å². The molecule has 10 heteroatoms. The summed E-state index contributed by atoms with van der Waals surface area (Å²) in [6.45, 7) is 3.64. The van der Waals surface area contributed by atoms with E-state index in [0.29, 0.717) is 12.8 Å². The van der Waals surface area contributed by atoms with Crippen molar-refractivity contribution in [3.63, 3.8) is 0 Å². The molecule has 0 radical (unpaired) electrons. The molecule has 2 unspecified atom stereocenters. The van der Waals surface area contributed by atoms with E-state index in [1.807, 2.05) is 0 Å². The molecule has 0 fully saturated rings. The van der Waals surface area contributed by atoms with E-state index in [9.17, 15) is 19.0 Å². The van der Waals surface area contributed by atoms with Gasteiger partial charge in [-0.2, -0.15) is 0 Å². The van der Waals surface area contributed by atoms with Gasteiger partial charge in [0.15, 0.2) is 6.10 Å². The number of carbonyl (C=O) groups excluding carboxylic acids is 2. The highest BCUT2D eigenvalue weighted by Gasteiger charge is 2.26. The van der Waals surface area contributed by atoms with Gasteiger partial charge < -0.3 is 20.1 Å². The second-order valence-corrected chi connectivity index (χ2v) is 15.7. The molecule has 0 aliphatic carbocycles. The van der Waals surface area contributed by atoms with Crippen molar-refractivity contribution in [3.8, 4) is 0 Å². The number of hydrogen-bond donors (Lipinski definition) is 2. The normalized spacial score (nSPS) is 13.9. The molecular weight excluding hydrogens is 713 g/mol. The fraction of sp³-hybridized carbons (Fsp3) is 0.733. The van der Waals surface area contributed by atoms with Crippen LogP contribution in [0.3, 0.4) is 0 Å². The van der Waals surface area contributed by atoms with E-state index in [1.165, 1.54) is 70.6 Å². The Labute approximate surface area is 336 Å². The molecule has 9 nitrogen and oxygen atoms in total. The fourth-order valence-corrected chi connectivity index (χ4v) is 6.38. The molecule has 0 aliphatic rings. The zero-order valence-corrected chi connectivity index (χ0v) is 35.8. The van der Waals surface area contributed by atoms with Crippen molar-refractivity contribution in [3.05, 3.63) is 60.8 Å². The minimum absolute atomic E-state index is 0.0461. The van der Waals surface area contributed by atoms with Gasteiger partial charge >= 0.3 is 19.8 Å². The molecule has 0 spiro atoms. The lowest BCUT2D eigenvalue weighted by atomic mass is 10.1. The first-order chi connectivity index (χ1) is 26.8. The molecule has 0 aromatic heterocycles. The number of hydrogen-bond acceptors (Lipinski definition) is 8. The van der Waals surface area contributed by atoms with Crippen molar-refractivity contribution in [2.75, 3.05) is 26.4 Å². The lowest BCUT2D eigenvalue weighted by molar-refractivity contribution is -0.161. The third-order valence-electron chi connectivity index (χ3n) is 8.88. The average molecular weight is 794 g/mol. The van der Waals surface area contributed by atoms with E-state index in [0.717, 1.165) is 70.6 Å². The van der Waals surface area contributed by atoms with Crippen LogP contribution < -0.4 is 5.73 Å². The number of allylic oxidation sites excluding steroid dienone is 10. The van der Waals surface area contributed by atoms with E-state index >= 15 is 0 Å². The SMILES string of the molecule is CCCCCC=CCC=CCC=CCCCCCCC(=O)OCC(COP(=O)(O)OCCN)OC(=O)CCCCCCCCCC=CCC=CCCCCC. The molecule has 0 saturated carbocycles. The maximum absolute atomic E-state index is 12.6. The summed E-state index contributed by atoms with van der Waals surface area (Å²) in [5, 5.41) is 0. The molecular formula is C45H80NO8P. The molecule has 0 amide bonds. The highest BCUT2D eigenvalue weighted by atomic mass is 31.2. The van der Waals surface area contributed by atoms with Crippen molar-refractivity contribution in [2.24, 2.45) is 5.73 Å². The molecule has 0 bridgehead atoms. The highest BCUT2D eigenvalue weighted by molar-refractivity contribution is 7.47. The largest absolute Gasteiger partial charge is 0.472 e. The summed E-state index contributed by atoms with van der Waals surface area (Å²) >= 11 is 0. The van der Waals surface area contributed by atoms with Crippen LogP contribution in [0.5, 0.6) is 0 Å². The van der Waals surface area contributed by atoms with Gasteiger partial charge in [0, 0.05) is 19.4 Å². The molecule has 0 saturated heterocycles. The Balaban J connectivity index is 4.22. The Hall–Kier alpha value is -2.29. The maximum atomic E-state index is 12.6. The zero-order chi connectivity index (χ0) is 40.3. The van der Waals surface area contributed by atoms with Gasteiger partial charge in [-0.15, -0.1) is 0 Å². The molecule has 3 N–H and O–H groups in total. The first-order valence-corrected chi connectivity index (χ1v) is 23.3. The van der Waals surface area contributed by atoms with Crippen LogP contribution >= 0.6 is 7.82 Å². The predicted molar refractivity (Wildman–Crippen MR) is 229 cm³/mol. The number of rotatable bonds is 40. The topological polar surface area (TPSA) is 134 Å². The standard InChI is InChI=1S/C45H80NO8P/c1-3-5-7-9-11-13-15-17-19-21-23-25-27-29-31-33-35-37-44(47)51-41-43(42-53-55(49,50)52-40-39-46)54-45(48)38-36-34-32-30-28-26-24-22-20-18-16-14-12-10-8-6-4-2/h11-14,17-20,23,25,43H,3-10,15-16,21-22,24,26-42,46H2,1-2H3,(H,49,50). The number of unbranched alkanes of at least 4 members (excludes halogenated alkanes) is 17. The van der Waals surface area contributed by atoms with Crippen molar-refractivity contribution in [1.29, 1.82) is 0 Å². The third kappa shape index (κ3) is 41.2. The van der Waals surface area contributed by atoms with Gasteiger partial charge in [-0.1, -0.05) is 145 Å². The Morgan fingerprint density at radius 1 is 0.545 bits per heavy atom. The summed E-state index contributed by atoms with van der Waals surface area (Å²) in [7, 11) is -4.39. The van der Waals surface area contributed by atoms with Gasteiger partial charge in [0.1, 0.15) is 6.61 Å². The summed E-state index contributed by atoms with van der Waals surface area (Å²) in [4.78, 5) is 34.9. The molecule has 0 heterocycles. The Morgan fingerprint density at radius 3 is 1.40 bits per heavy atom. The second-order valence-electron chi connectivity index (χ2n) is 14.2. The summed E-state index contributed by atoms with van der Waals surface area (Å²) in [5.41, 5.74) is 5.34. The number of esters is 2. The zero-order valence-electron chi connectivity index (χ0n) is 34.9. The summed E-state index contributed by atoms with van der Waals surface area (Å²) in [5.74, 6) is -0.866. The molecule has 0 aromatic rings. The quantitative estimate of drug-likeness (QED) is 0.0269. The van der Waals surface area contributed by atoms with Crippen molar-refractivity contribution < 1.29 is 37.6 Å². The fourth-order valence-electron chi connectivity index (χ4n) is 5.61. The minimum atomic E-state index is -4.39. The number of nitrogens with two attached hydrogens (primary N) is 1. The van der Waals surface area contributed by atoms with Crippen LogP contribution in [0.15, 0.2) is 60.8 Å². The van der Waals surface area contributed by atoms with Crippen LogP contribution in [0.2, 0.25) is 0 Å². The highest BCUT2D eigenvalue weighted by Crippen LogP contribution is 2.43. The van der Waals surface area contributed by atoms with Gasteiger partial charge in [0.2, 0.25) is 0 Å². The Bertz CT molecular complexity index is 1090. The Morgan fingerprint density at radius 2 is 0.945 bits per heavy atom. The predicted octanol–water partition coefficient (Wildman–Crippen LogP) is 12.5. The van der Waals surface area contributed by atoms with Gasteiger partial charge in [-0.25, -0.2) is 4.57 Å². The Kier molecular flexibility index (Phi) is 39.6. The molecule has 2 atom stereocenters. The van der Waals surface area contributed by atoms with Crippen LogP contribution in [-0.2, 0) is 32.7 Å². The molecule has 0 aliphatic heterocycles. The second kappa shape index (κ2) is 41.3. The monoisotopic (exact) mass is 794 g/mol. The minimum Gasteiger partial charge on any atom is -0.462 e. The van der Waals surface area contributed by atoms with Gasteiger partial charge in [0.25, 0.3) is 0 Å². The first kappa shape index (κ1) is 52.7. The third-order valence-corrected chi connectivity index (χ3v) is 9.86. The van der Waals surface area contributed by atoms with Crippen molar-refractivity contribution in [1.82, 2.24) is 0 Å². The summed E-state index contributed by atoms with van der Waals surface area (Å²) < 4.78 is 32.8. The molecule has 0 rings (SSSR count). The van der Waals surface area contributed by atoms with Crippen molar-refractivity contribution in [2.45, 2.75) is 187 Å². The van der Waals surface area contributed by atoms with Crippen LogP contribution in [0.4, 0.5) is 0 Å². The maximum Gasteiger partial charge on any atom is 0.472 e. The lowest BCUT2D eigenvalue weighted by Crippen LogP contribution is -2.29. The number of phosphoric acid groups is 1. The summed E-state index contributed by atoms with van der Waals surface area (Å²) in [6.07, 6.45) is 48.1. The smallest absolute Gasteiger partial charge is 0.462 e.